The van der Waals surface area contributed by atoms with E-state index in [1.54, 1.807) is 6.08 Å². The summed E-state index contributed by atoms with van der Waals surface area (Å²) in [5, 5.41) is 0. The molecule has 1 aliphatic carbocycles. The van der Waals surface area contributed by atoms with E-state index in [4.69, 9.17) is 0 Å². The normalized spacial score (nSPS) is 18.4. The summed E-state index contributed by atoms with van der Waals surface area (Å²) in [5.74, 6) is 0. The Morgan fingerprint density at radius 1 is 0.722 bits per heavy atom. The average molecular weight is 236 g/mol. The topological polar surface area (TPSA) is 0 Å². The van der Waals surface area contributed by atoms with Gasteiger partial charge in [0.05, 0.1) is 0 Å². The summed E-state index contributed by atoms with van der Waals surface area (Å²) < 4.78 is 14.1. The summed E-state index contributed by atoms with van der Waals surface area (Å²) >= 11 is 0. The number of benzene rings is 2. The molecule has 88 valence electrons. The van der Waals surface area contributed by atoms with Gasteiger partial charge in [0.1, 0.15) is 6.17 Å². The van der Waals surface area contributed by atoms with Gasteiger partial charge >= 0.3 is 0 Å². The predicted octanol–water partition coefficient (Wildman–Crippen LogP) is 4.51. The van der Waals surface area contributed by atoms with E-state index >= 15 is 0 Å². The first kappa shape index (κ1) is 11.0. The Morgan fingerprint density at radius 3 is 1.89 bits per heavy atom. The number of halogens is 1. The van der Waals surface area contributed by atoms with E-state index in [0.717, 1.165) is 22.3 Å². The van der Waals surface area contributed by atoms with Crippen molar-refractivity contribution in [3.63, 3.8) is 0 Å². The fourth-order valence-corrected chi connectivity index (χ4v) is 2.32. The van der Waals surface area contributed by atoms with Crippen LogP contribution in [-0.2, 0) is 0 Å². The van der Waals surface area contributed by atoms with Gasteiger partial charge in [0.2, 0.25) is 0 Å². The Bertz CT molecular complexity index is 594. The summed E-state index contributed by atoms with van der Waals surface area (Å²) in [6, 6.07) is 19.7. The van der Waals surface area contributed by atoms with Gasteiger partial charge in [0.15, 0.2) is 0 Å². The van der Waals surface area contributed by atoms with Crippen LogP contribution in [-0.4, -0.2) is 6.17 Å². The Kier molecular flexibility index (Phi) is 2.81. The van der Waals surface area contributed by atoms with E-state index in [0.29, 0.717) is 0 Å². The van der Waals surface area contributed by atoms with Crippen molar-refractivity contribution >= 4 is 11.1 Å². The van der Waals surface area contributed by atoms with Crippen molar-refractivity contribution in [1.82, 2.24) is 0 Å². The zero-order chi connectivity index (χ0) is 12.4. The van der Waals surface area contributed by atoms with Crippen molar-refractivity contribution in [2.75, 3.05) is 0 Å². The van der Waals surface area contributed by atoms with Gasteiger partial charge in [-0.2, -0.15) is 0 Å². The zero-order valence-electron chi connectivity index (χ0n) is 9.88. The van der Waals surface area contributed by atoms with Crippen LogP contribution >= 0.6 is 0 Å². The lowest BCUT2D eigenvalue weighted by Crippen LogP contribution is -1.97. The second kappa shape index (κ2) is 4.61. The molecule has 0 fully saturated rings. The van der Waals surface area contributed by atoms with Crippen LogP contribution in [0.1, 0.15) is 11.1 Å². The summed E-state index contributed by atoms with van der Waals surface area (Å²) in [4.78, 5) is 0. The van der Waals surface area contributed by atoms with Gasteiger partial charge in [-0.15, -0.1) is 0 Å². The lowest BCUT2D eigenvalue weighted by molar-refractivity contribution is 0.484. The molecule has 1 unspecified atom stereocenters. The van der Waals surface area contributed by atoms with E-state index in [-0.39, 0.29) is 0 Å². The molecule has 0 saturated carbocycles. The van der Waals surface area contributed by atoms with Crippen LogP contribution in [0.15, 0.2) is 72.8 Å². The second-order valence-corrected chi connectivity index (χ2v) is 4.32. The molecule has 0 nitrogen and oxygen atoms in total. The third-order valence-corrected chi connectivity index (χ3v) is 3.17. The average Bonchev–Trinajstić information content (AvgIpc) is 2.83. The van der Waals surface area contributed by atoms with Crippen LogP contribution in [0.3, 0.4) is 0 Å². The van der Waals surface area contributed by atoms with Gasteiger partial charge in [0.25, 0.3) is 0 Å². The molecule has 2 aromatic rings. The Labute approximate surface area is 106 Å². The zero-order valence-corrected chi connectivity index (χ0v) is 9.88. The molecule has 0 saturated heterocycles. The lowest BCUT2D eigenvalue weighted by Gasteiger charge is -2.10. The Balaban J connectivity index is 2.15. The smallest absolute Gasteiger partial charge is 0.145 e. The molecular formula is C17H13F. The maximum Gasteiger partial charge on any atom is 0.145 e. The second-order valence-electron chi connectivity index (χ2n) is 4.32. The van der Waals surface area contributed by atoms with E-state index in [1.165, 1.54) is 0 Å². The van der Waals surface area contributed by atoms with E-state index in [9.17, 15) is 4.39 Å². The van der Waals surface area contributed by atoms with Crippen molar-refractivity contribution < 1.29 is 4.39 Å². The van der Waals surface area contributed by atoms with Crippen molar-refractivity contribution in [3.05, 3.63) is 83.9 Å². The summed E-state index contributed by atoms with van der Waals surface area (Å²) in [7, 11) is 0. The Morgan fingerprint density at radius 2 is 1.28 bits per heavy atom. The van der Waals surface area contributed by atoms with Gasteiger partial charge in [-0.25, -0.2) is 4.39 Å². The monoisotopic (exact) mass is 236 g/mol. The SMILES string of the molecule is FC1C=CC(c2ccccc2)=C1c1ccccc1. The first-order chi connectivity index (χ1) is 8.86. The highest BCUT2D eigenvalue weighted by Crippen LogP contribution is 2.36. The summed E-state index contributed by atoms with van der Waals surface area (Å²) in [5.41, 5.74) is 3.76. The van der Waals surface area contributed by atoms with Crippen LogP contribution in [0.25, 0.3) is 11.1 Å². The molecule has 0 amide bonds. The highest BCUT2D eigenvalue weighted by molar-refractivity contribution is 6.00. The summed E-state index contributed by atoms with van der Waals surface area (Å²) in [6.45, 7) is 0. The molecule has 0 heterocycles. The minimum atomic E-state index is -1.01. The maximum atomic E-state index is 14.1. The molecule has 0 N–H and O–H groups in total. The van der Waals surface area contributed by atoms with Crippen molar-refractivity contribution in [2.24, 2.45) is 0 Å². The van der Waals surface area contributed by atoms with Crippen LogP contribution < -0.4 is 0 Å². The van der Waals surface area contributed by atoms with Crippen LogP contribution in [0.4, 0.5) is 4.39 Å². The minimum Gasteiger partial charge on any atom is -0.238 e. The molecular weight excluding hydrogens is 223 g/mol. The molecule has 2 aromatic carbocycles. The van der Waals surface area contributed by atoms with E-state index < -0.39 is 6.17 Å². The third-order valence-electron chi connectivity index (χ3n) is 3.17. The first-order valence-electron chi connectivity index (χ1n) is 6.03. The molecule has 1 heteroatoms. The summed E-state index contributed by atoms with van der Waals surface area (Å²) in [6.07, 6.45) is 2.48. The molecule has 0 spiro atoms. The highest BCUT2D eigenvalue weighted by Gasteiger charge is 2.21. The lowest BCUT2D eigenvalue weighted by atomic mass is 9.96. The van der Waals surface area contributed by atoms with Crippen molar-refractivity contribution in [3.8, 4) is 0 Å². The molecule has 0 aliphatic heterocycles. The quantitative estimate of drug-likeness (QED) is 0.720. The standard InChI is InChI=1S/C17H13F/c18-16-12-11-15(13-7-3-1-4-8-13)17(16)14-9-5-2-6-10-14/h1-12,16H. The molecule has 18 heavy (non-hydrogen) atoms. The highest BCUT2D eigenvalue weighted by atomic mass is 19.1. The fraction of sp³-hybridized carbons (Fsp3) is 0.0588. The van der Waals surface area contributed by atoms with Crippen LogP contribution in [0.5, 0.6) is 0 Å². The van der Waals surface area contributed by atoms with E-state index in [2.05, 4.69) is 0 Å². The predicted molar refractivity (Wildman–Crippen MR) is 73.7 cm³/mol. The number of alkyl halides is 1. The molecule has 1 atom stereocenters. The molecule has 0 aromatic heterocycles. The molecule has 0 bridgehead atoms. The number of allylic oxidation sites excluding steroid dienone is 4. The van der Waals surface area contributed by atoms with Crippen LogP contribution in [0, 0.1) is 0 Å². The minimum absolute atomic E-state index is 0.766. The van der Waals surface area contributed by atoms with Gasteiger partial charge in [-0.05, 0) is 22.8 Å². The molecule has 3 rings (SSSR count). The van der Waals surface area contributed by atoms with Gasteiger partial charge in [0, 0.05) is 5.57 Å². The maximum absolute atomic E-state index is 14.1. The van der Waals surface area contributed by atoms with Gasteiger partial charge in [-0.3, -0.25) is 0 Å². The largest absolute Gasteiger partial charge is 0.238 e. The van der Waals surface area contributed by atoms with E-state index in [1.807, 2.05) is 66.7 Å². The fourth-order valence-electron chi connectivity index (χ4n) is 2.32. The number of hydrogen-bond acceptors (Lipinski definition) is 0. The first-order valence-corrected chi connectivity index (χ1v) is 6.03. The number of rotatable bonds is 2. The third kappa shape index (κ3) is 1.88. The van der Waals surface area contributed by atoms with Gasteiger partial charge in [-0.1, -0.05) is 66.7 Å². The number of hydrogen-bond donors (Lipinski definition) is 0. The Hall–Kier alpha value is -2.15. The van der Waals surface area contributed by atoms with Gasteiger partial charge < -0.3 is 0 Å². The van der Waals surface area contributed by atoms with Crippen molar-refractivity contribution in [1.29, 1.82) is 0 Å². The molecule has 0 radical (unpaired) electrons. The van der Waals surface area contributed by atoms with Crippen molar-refractivity contribution in [2.45, 2.75) is 6.17 Å². The molecule has 1 aliphatic rings. The van der Waals surface area contributed by atoms with Crippen LogP contribution in [0.2, 0.25) is 0 Å².